The Morgan fingerprint density at radius 1 is 1.35 bits per heavy atom. The van der Waals surface area contributed by atoms with E-state index in [1.165, 1.54) is 18.4 Å². The van der Waals surface area contributed by atoms with Gasteiger partial charge in [0.05, 0.1) is 19.2 Å². The van der Waals surface area contributed by atoms with Crippen LogP contribution in [-0.4, -0.2) is 24.0 Å². The van der Waals surface area contributed by atoms with Gasteiger partial charge in [-0.1, -0.05) is 29.3 Å². The summed E-state index contributed by atoms with van der Waals surface area (Å²) >= 11 is 13.2. The fourth-order valence-corrected chi connectivity index (χ4v) is 3.05. The summed E-state index contributed by atoms with van der Waals surface area (Å²) in [7, 11) is 1.32. The van der Waals surface area contributed by atoms with Gasteiger partial charge in [-0.15, -0.1) is 11.3 Å². The van der Waals surface area contributed by atoms with Crippen molar-refractivity contribution in [1.29, 1.82) is 0 Å². The number of benzene rings is 1. The minimum absolute atomic E-state index is 0.0866. The third-order valence-electron chi connectivity index (χ3n) is 2.99. The van der Waals surface area contributed by atoms with Crippen molar-refractivity contribution in [2.45, 2.75) is 19.3 Å². The normalized spacial score (nSPS) is 10.4. The number of rotatable bonds is 6. The number of methoxy groups -OCH3 is 1. The smallest absolute Gasteiger partial charge is 0.311 e. The number of halogens is 2. The first-order valence-electron chi connectivity index (χ1n) is 6.73. The van der Waals surface area contributed by atoms with Gasteiger partial charge in [0, 0.05) is 21.8 Å². The molecule has 1 amide bonds. The summed E-state index contributed by atoms with van der Waals surface area (Å²) in [5.74, 6) is -0.541. The summed E-state index contributed by atoms with van der Waals surface area (Å²) in [5, 5.41) is 5.97. The molecule has 0 atom stereocenters. The number of nitrogens with zero attached hydrogens (tertiary/aromatic N) is 1. The van der Waals surface area contributed by atoms with Gasteiger partial charge in [-0.3, -0.25) is 9.59 Å². The summed E-state index contributed by atoms with van der Waals surface area (Å²) in [6, 6.07) is 5.19. The van der Waals surface area contributed by atoms with Gasteiger partial charge >= 0.3 is 5.97 Å². The van der Waals surface area contributed by atoms with Crippen LogP contribution in [0.4, 0.5) is 5.13 Å². The highest BCUT2D eigenvalue weighted by molar-refractivity contribution is 7.13. The van der Waals surface area contributed by atoms with Crippen LogP contribution in [0.25, 0.3) is 0 Å². The number of aryl methyl sites for hydroxylation is 1. The van der Waals surface area contributed by atoms with Crippen LogP contribution in [0, 0.1) is 0 Å². The maximum atomic E-state index is 11.9. The molecule has 0 bridgehead atoms. The Labute approximate surface area is 147 Å². The summed E-state index contributed by atoms with van der Waals surface area (Å²) in [4.78, 5) is 27.3. The quantitative estimate of drug-likeness (QED) is 0.784. The Hall–Kier alpha value is -1.63. The van der Waals surface area contributed by atoms with Crippen LogP contribution in [0.2, 0.25) is 10.0 Å². The third kappa shape index (κ3) is 5.49. The summed E-state index contributed by atoms with van der Waals surface area (Å²) in [5.41, 5.74) is 1.43. The first kappa shape index (κ1) is 17.7. The SMILES string of the molecule is COC(=O)Cc1csc(NC(=O)CCc2ccc(Cl)cc2Cl)n1. The highest BCUT2D eigenvalue weighted by Crippen LogP contribution is 2.22. The van der Waals surface area contributed by atoms with E-state index in [1.54, 1.807) is 23.6 Å². The molecule has 1 aromatic heterocycles. The van der Waals surface area contributed by atoms with E-state index < -0.39 is 0 Å². The predicted octanol–water partition coefficient (Wildman–Crippen LogP) is 3.74. The number of carbonyl (C=O) groups excluding carboxylic acids is 2. The van der Waals surface area contributed by atoms with E-state index in [1.807, 2.05) is 0 Å². The Balaban J connectivity index is 1.86. The average molecular weight is 373 g/mol. The van der Waals surface area contributed by atoms with Gasteiger partial charge in [0.15, 0.2) is 5.13 Å². The number of nitrogens with one attached hydrogen (secondary N) is 1. The second-order valence-corrected chi connectivity index (χ2v) is 6.38. The molecular weight excluding hydrogens is 359 g/mol. The maximum Gasteiger partial charge on any atom is 0.311 e. The minimum Gasteiger partial charge on any atom is -0.469 e. The van der Waals surface area contributed by atoms with Crippen LogP contribution < -0.4 is 5.32 Å². The first-order chi connectivity index (χ1) is 11.0. The van der Waals surface area contributed by atoms with Crippen LogP contribution >= 0.6 is 34.5 Å². The topological polar surface area (TPSA) is 68.3 Å². The molecule has 8 heteroatoms. The van der Waals surface area contributed by atoms with Crippen molar-refractivity contribution in [3.05, 3.63) is 44.9 Å². The van der Waals surface area contributed by atoms with Gasteiger partial charge in [0.25, 0.3) is 0 Å². The number of esters is 1. The molecule has 0 saturated heterocycles. The highest BCUT2D eigenvalue weighted by Gasteiger charge is 2.11. The van der Waals surface area contributed by atoms with Gasteiger partial charge in [0.1, 0.15) is 0 Å². The Morgan fingerprint density at radius 3 is 2.83 bits per heavy atom. The van der Waals surface area contributed by atoms with Crippen LogP contribution in [0.15, 0.2) is 23.6 Å². The lowest BCUT2D eigenvalue weighted by molar-refractivity contribution is -0.139. The second kappa shape index (κ2) is 8.29. The minimum atomic E-state index is -0.370. The molecule has 0 unspecified atom stereocenters. The molecule has 0 aliphatic heterocycles. The molecule has 1 aromatic carbocycles. The lowest BCUT2D eigenvalue weighted by Gasteiger charge is -2.05. The van der Waals surface area contributed by atoms with E-state index >= 15 is 0 Å². The van der Waals surface area contributed by atoms with Crippen molar-refractivity contribution >= 4 is 51.5 Å². The molecule has 5 nitrogen and oxygen atoms in total. The fourth-order valence-electron chi connectivity index (χ4n) is 1.82. The fraction of sp³-hybridized carbons (Fsp3) is 0.267. The zero-order valence-corrected chi connectivity index (χ0v) is 14.6. The summed E-state index contributed by atoms with van der Waals surface area (Å²) in [6.07, 6.45) is 0.860. The Morgan fingerprint density at radius 2 is 2.13 bits per heavy atom. The second-order valence-electron chi connectivity index (χ2n) is 4.68. The number of thiazole rings is 1. The number of hydrogen-bond acceptors (Lipinski definition) is 5. The van der Waals surface area contributed by atoms with Gasteiger partial charge < -0.3 is 10.1 Å². The first-order valence-corrected chi connectivity index (χ1v) is 8.36. The monoisotopic (exact) mass is 372 g/mol. The summed E-state index contributed by atoms with van der Waals surface area (Å²) < 4.78 is 4.57. The van der Waals surface area contributed by atoms with E-state index in [2.05, 4.69) is 15.0 Å². The van der Waals surface area contributed by atoms with E-state index in [9.17, 15) is 9.59 Å². The highest BCUT2D eigenvalue weighted by atomic mass is 35.5. The van der Waals surface area contributed by atoms with Crippen molar-refractivity contribution in [2.24, 2.45) is 0 Å². The van der Waals surface area contributed by atoms with Crippen LogP contribution in [-0.2, 0) is 27.2 Å². The van der Waals surface area contributed by atoms with Gasteiger partial charge in [0.2, 0.25) is 5.91 Å². The van der Waals surface area contributed by atoms with Gasteiger partial charge in [-0.25, -0.2) is 4.98 Å². The largest absolute Gasteiger partial charge is 0.469 e. The van der Waals surface area contributed by atoms with E-state index in [4.69, 9.17) is 23.2 Å². The molecule has 1 N–H and O–H groups in total. The van der Waals surface area contributed by atoms with Crippen molar-refractivity contribution in [1.82, 2.24) is 4.98 Å². The van der Waals surface area contributed by atoms with Gasteiger partial charge in [-0.2, -0.15) is 0 Å². The molecule has 0 fully saturated rings. The molecule has 23 heavy (non-hydrogen) atoms. The van der Waals surface area contributed by atoms with E-state index in [-0.39, 0.29) is 24.7 Å². The Bertz CT molecular complexity index is 718. The molecule has 2 aromatic rings. The molecule has 0 spiro atoms. The number of hydrogen-bond donors (Lipinski definition) is 1. The van der Waals surface area contributed by atoms with Crippen LogP contribution in [0.1, 0.15) is 17.7 Å². The predicted molar refractivity (Wildman–Crippen MR) is 91.2 cm³/mol. The van der Waals surface area contributed by atoms with Crippen LogP contribution in [0.5, 0.6) is 0 Å². The number of aromatic nitrogens is 1. The van der Waals surface area contributed by atoms with Crippen molar-refractivity contribution in [2.75, 3.05) is 12.4 Å². The van der Waals surface area contributed by atoms with Crippen molar-refractivity contribution < 1.29 is 14.3 Å². The number of anilines is 1. The van der Waals surface area contributed by atoms with Crippen molar-refractivity contribution in [3.63, 3.8) is 0 Å². The molecule has 0 aliphatic rings. The van der Waals surface area contributed by atoms with Crippen LogP contribution in [0.3, 0.4) is 0 Å². The Kier molecular flexibility index (Phi) is 6.38. The third-order valence-corrected chi connectivity index (χ3v) is 4.38. The average Bonchev–Trinajstić information content (AvgIpc) is 2.93. The number of carbonyl (C=O) groups is 2. The molecule has 0 radical (unpaired) electrons. The summed E-state index contributed by atoms with van der Waals surface area (Å²) in [6.45, 7) is 0. The standard InChI is InChI=1S/C15H14Cl2N2O3S/c1-22-14(21)7-11-8-23-15(18-11)19-13(20)5-3-9-2-4-10(16)6-12(9)17/h2,4,6,8H,3,5,7H2,1H3,(H,18,19,20). The zero-order chi connectivity index (χ0) is 16.8. The zero-order valence-electron chi connectivity index (χ0n) is 12.3. The molecular formula is C15H14Cl2N2O3S. The number of amides is 1. The molecule has 1 heterocycles. The van der Waals surface area contributed by atoms with Gasteiger partial charge in [-0.05, 0) is 24.1 Å². The molecule has 0 aliphatic carbocycles. The van der Waals surface area contributed by atoms with E-state index in [0.717, 1.165) is 5.56 Å². The lowest BCUT2D eigenvalue weighted by Crippen LogP contribution is -2.12. The molecule has 2 rings (SSSR count). The van der Waals surface area contributed by atoms with E-state index in [0.29, 0.717) is 27.3 Å². The number of ether oxygens (including phenoxy) is 1. The molecule has 122 valence electrons. The van der Waals surface area contributed by atoms with Crippen molar-refractivity contribution in [3.8, 4) is 0 Å². The lowest BCUT2D eigenvalue weighted by atomic mass is 10.1. The molecule has 0 saturated carbocycles. The maximum absolute atomic E-state index is 11.9.